The van der Waals surface area contributed by atoms with Crippen LogP contribution < -0.4 is 4.74 Å². The molecule has 0 atom stereocenters. The van der Waals surface area contributed by atoms with E-state index in [1.807, 2.05) is 11.8 Å². The topological polar surface area (TPSA) is 81.1 Å². The van der Waals surface area contributed by atoms with Crippen molar-refractivity contribution in [2.24, 2.45) is 5.92 Å². The molecule has 0 radical (unpaired) electrons. The number of piperidine rings is 1. The smallest absolute Gasteiger partial charge is 0.274 e. The molecule has 4 rings (SSSR count). The van der Waals surface area contributed by atoms with Crippen LogP contribution in [0.25, 0.3) is 0 Å². The molecule has 7 nitrogen and oxygen atoms in total. The average molecular weight is 367 g/mol. The van der Waals surface area contributed by atoms with E-state index >= 15 is 0 Å². The molecule has 1 amide bonds. The first-order chi connectivity index (χ1) is 13.2. The van der Waals surface area contributed by atoms with Gasteiger partial charge in [-0.2, -0.15) is 5.10 Å². The largest absolute Gasteiger partial charge is 0.476 e. The Morgan fingerprint density at radius 3 is 2.74 bits per heavy atom. The number of fused-ring (bicyclic) bond motifs is 1. The molecule has 1 aliphatic carbocycles. The molecule has 0 bridgehead atoms. The van der Waals surface area contributed by atoms with E-state index in [4.69, 9.17) is 4.74 Å². The van der Waals surface area contributed by atoms with Crippen molar-refractivity contribution in [3.05, 3.63) is 41.1 Å². The minimum absolute atomic E-state index is 0.0394. The minimum Gasteiger partial charge on any atom is -0.476 e. The van der Waals surface area contributed by atoms with Gasteiger partial charge < -0.3 is 9.64 Å². The predicted molar refractivity (Wildman–Crippen MR) is 99.6 cm³/mol. The van der Waals surface area contributed by atoms with Crippen LogP contribution in [0.15, 0.2) is 18.5 Å². The van der Waals surface area contributed by atoms with Gasteiger partial charge in [0, 0.05) is 25.4 Å². The highest BCUT2D eigenvalue weighted by Gasteiger charge is 2.25. The van der Waals surface area contributed by atoms with E-state index in [2.05, 4.69) is 26.2 Å². The second-order valence-corrected chi connectivity index (χ2v) is 7.45. The summed E-state index contributed by atoms with van der Waals surface area (Å²) in [6.45, 7) is 3.93. The molecule has 0 N–H and O–H groups in total. The third-order valence-electron chi connectivity index (χ3n) is 5.42. The second kappa shape index (κ2) is 7.98. The van der Waals surface area contributed by atoms with Gasteiger partial charge in [-0.25, -0.2) is 4.98 Å². The Morgan fingerprint density at radius 1 is 1.15 bits per heavy atom. The number of carbonyl (C=O) groups excluding carboxylic acids is 1. The Hall–Kier alpha value is -2.57. The van der Waals surface area contributed by atoms with Gasteiger partial charge in [0.25, 0.3) is 5.91 Å². The van der Waals surface area contributed by atoms with Crippen LogP contribution >= 0.6 is 0 Å². The van der Waals surface area contributed by atoms with Gasteiger partial charge in [0.1, 0.15) is 5.69 Å². The Labute approximate surface area is 159 Å². The zero-order valence-electron chi connectivity index (χ0n) is 15.7. The quantitative estimate of drug-likeness (QED) is 0.825. The van der Waals surface area contributed by atoms with Crippen molar-refractivity contribution >= 4 is 5.91 Å². The molecule has 0 saturated carbocycles. The van der Waals surface area contributed by atoms with E-state index in [0.717, 1.165) is 50.2 Å². The van der Waals surface area contributed by atoms with Crippen LogP contribution in [-0.4, -0.2) is 50.7 Å². The lowest BCUT2D eigenvalue weighted by Crippen LogP contribution is -2.40. The fourth-order valence-corrected chi connectivity index (χ4v) is 3.71. The Balaban J connectivity index is 1.27. The van der Waals surface area contributed by atoms with Gasteiger partial charge in [-0.05, 0) is 56.9 Å². The van der Waals surface area contributed by atoms with Crippen LogP contribution in [0, 0.1) is 12.8 Å². The third kappa shape index (κ3) is 4.23. The van der Waals surface area contributed by atoms with Gasteiger partial charge in [-0.3, -0.25) is 9.78 Å². The van der Waals surface area contributed by atoms with E-state index in [1.54, 1.807) is 12.4 Å². The average Bonchev–Trinajstić information content (AvgIpc) is 2.72. The van der Waals surface area contributed by atoms with Crippen molar-refractivity contribution in [1.29, 1.82) is 0 Å². The lowest BCUT2D eigenvalue weighted by atomic mass is 9.97. The Kier molecular flexibility index (Phi) is 5.27. The summed E-state index contributed by atoms with van der Waals surface area (Å²) in [5.74, 6) is 1.02. The predicted octanol–water partition coefficient (Wildman–Crippen LogP) is 2.39. The molecular weight excluding hydrogens is 342 g/mol. The van der Waals surface area contributed by atoms with E-state index in [1.165, 1.54) is 18.4 Å². The number of nitrogens with zero attached hydrogens (tertiary/aromatic N) is 5. The zero-order valence-corrected chi connectivity index (χ0v) is 15.7. The zero-order chi connectivity index (χ0) is 18.6. The van der Waals surface area contributed by atoms with Gasteiger partial charge >= 0.3 is 0 Å². The molecule has 2 aromatic rings. The SMILES string of the molecule is Cc1cnc(C(=O)N2CCC(COc3cc4c(nn3)CCCC4)CC2)cn1. The van der Waals surface area contributed by atoms with E-state index in [0.29, 0.717) is 24.1 Å². The molecule has 1 aliphatic heterocycles. The van der Waals surface area contributed by atoms with Crippen molar-refractivity contribution < 1.29 is 9.53 Å². The summed E-state index contributed by atoms with van der Waals surface area (Å²) in [4.78, 5) is 22.7. The highest BCUT2D eigenvalue weighted by Crippen LogP contribution is 2.23. The van der Waals surface area contributed by atoms with Crippen LogP contribution in [-0.2, 0) is 12.8 Å². The van der Waals surface area contributed by atoms with E-state index in [-0.39, 0.29) is 5.91 Å². The highest BCUT2D eigenvalue weighted by molar-refractivity contribution is 5.92. The molecule has 7 heteroatoms. The molecule has 2 aliphatic rings. The van der Waals surface area contributed by atoms with Crippen LogP contribution in [0.2, 0.25) is 0 Å². The van der Waals surface area contributed by atoms with E-state index < -0.39 is 0 Å². The molecule has 27 heavy (non-hydrogen) atoms. The summed E-state index contributed by atoms with van der Waals surface area (Å²) >= 11 is 0. The van der Waals surface area contributed by atoms with Gasteiger partial charge in [0.05, 0.1) is 24.2 Å². The molecule has 1 saturated heterocycles. The molecule has 1 fully saturated rings. The summed E-state index contributed by atoms with van der Waals surface area (Å²) in [5, 5.41) is 8.53. The minimum atomic E-state index is -0.0394. The van der Waals surface area contributed by atoms with E-state index in [9.17, 15) is 4.79 Å². The van der Waals surface area contributed by atoms with Gasteiger partial charge in [0.15, 0.2) is 0 Å². The fraction of sp³-hybridized carbons (Fsp3) is 0.550. The maximum atomic E-state index is 12.5. The number of carbonyl (C=O) groups is 1. The summed E-state index contributed by atoms with van der Waals surface area (Å²) in [6, 6.07) is 2.05. The number of hydrogen-bond donors (Lipinski definition) is 0. The normalized spacial score (nSPS) is 17.4. The number of amides is 1. The molecular formula is C20H25N5O2. The maximum absolute atomic E-state index is 12.5. The van der Waals surface area contributed by atoms with Crippen molar-refractivity contribution in [3.63, 3.8) is 0 Å². The lowest BCUT2D eigenvalue weighted by Gasteiger charge is -2.31. The number of likely N-dealkylation sites (tertiary alicyclic amines) is 1. The Bertz CT molecular complexity index is 801. The number of aromatic nitrogens is 4. The number of rotatable bonds is 4. The first-order valence-electron chi connectivity index (χ1n) is 9.75. The van der Waals surface area contributed by atoms with Crippen molar-refractivity contribution in [3.8, 4) is 5.88 Å². The summed E-state index contributed by atoms with van der Waals surface area (Å²) < 4.78 is 5.91. The standard InChI is InChI=1S/C20H25N5O2/c1-14-11-22-18(12-21-14)20(26)25-8-6-15(7-9-25)13-27-19-10-16-4-2-3-5-17(16)23-24-19/h10-12,15H,2-9,13H2,1H3. The lowest BCUT2D eigenvalue weighted by molar-refractivity contribution is 0.0652. The Morgan fingerprint density at radius 2 is 1.96 bits per heavy atom. The fourth-order valence-electron chi connectivity index (χ4n) is 3.71. The summed E-state index contributed by atoms with van der Waals surface area (Å²) in [5.41, 5.74) is 3.64. The second-order valence-electron chi connectivity index (χ2n) is 7.45. The van der Waals surface area contributed by atoms with Crippen LogP contribution in [0.5, 0.6) is 5.88 Å². The van der Waals surface area contributed by atoms with Crippen molar-refractivity contribution in [2.75, 3.05) is 19.7 Å². The first kappa shape index (κ1) is 17.8. The molecule has 0 aromatic carbocycles. The first-order valence-corrected chi connectivity index (χ1v) is 9.75. The third-order valence-corrected chi connectivity index (χ3v) is 5.42. The highest BCUT2D eigenvalue weighted by atomic mass is 16.5. The van der Waals surface area contributed by atoms with Gasteiger partial charge in [-0.15, -0.1) is 5.10 Å². The number of hydrogen-bond acceptors (Lipinski definition) is 6. The number of aryl methyl sites for hydroxylation is 3. The monoisotopic (exact) mass is 367 g/mol. The molecule has 142 valence electrons. The van der Waals surface area contributed by atoms with Crippen LogP contribution in [0.4, 0.5) is 0 Å². The summed E-state index contributed by atoms with van der Waals surface area (Å²) in [7, 11) is 0. The molecule has 3 heterocycles. The summed E-state index contributed by atoms with van der Waals surface area (Å²) in [6.07, 6.45) is 9.55. The van der Waals surface area contributed by atoms with Crippen LogP contribution in [0.1, 0.15) is 53.1 Å². The van der Waals surface area contributed by atoms with Gasteiger partial charge in [-0.1, -0.05) is 0 Å². The maximum Gasteiger partial charge on any atom is 0.274 e. The molecule has 2 aromatic heterocycles. The molecule has 0 unspecified atom stereocenters. The van der Waals surface area contributed by atoms with Crippen molar-refractivity contribution in [1.82, 2.24) is 25.1 Å². The van der Waals surface area contributed by atoms with Gasteiger partial charge in [0.2, 0.25) is 5.88 Å². The number of ether oxygens (including phenoxy) is 1. The molecule has 0 spiro atoms. The van der Waals surface area contributed by atoms with Crippen molar-refractivity contribution in [2.45, 2.75) is 45.4 Å². The van der Waals surface area contributed by atoms with Crippen LogP contribution in [0.3, 0.4) is 0 Å².